The molecule has 3 aromatic rings. The number of hydrogen-bond donors (Lipinski definition) is 2. The lowest BCUT2D eigenvalue weighted by Gasteiger charge is -2.23. The van der Waals surface area contributed by atoms with E-state index in [1.54, 1.807) is 23.5 Å². The molecule has 1 aromatic heterocycles. The number of benzene rings is 2. The Morgan fingerprint density at radius 2 is 1.81 bits per heavy atom. The summed E-state index contributed by atoms with van der Waals surface area (Å²) in [6.07, 6.45) is 2.94. The maximum atomic E-state index is 12.8. The third-order valence-corrected chi connectivity index (χ3v) is 6.54. The normalized spacial score (nSPS) is 16.2. The highest BCUT2D eigenvalue weighted by atomic mass is 32.1. The number of rotatable bonds is 8. The van der Waals surface area contributed by atoms with E-state index in [-0.39, 0.29) is 11.8 Å². The van der Waals surface area contributed by atoms with Gasteiger partial charge in [0, 0.05) is 17.5 Å². The molecule has 0 radical (unpaired) electrons. The Hall–Kier alpha value is -2.96. The largest absolute Gasteiger partial charge is 0.352 e. The molecule has 1 atom stereocenters. The number of nitrogens with one attached hydrogen (secondary N) is 2. The van der Waals surface area contributed by atoms with E-state index in [0.717, 1.165) is 25.8 Å². The van der Waals surface area contributed by atoms with E-state index in [9.17, 15) is 9.59 Å². The molecule has 0 spiro atoms. The third-order valence-electron chi connectivity index (χ3n) is 5.57. The number of thiophene rings is 1. The van der Waals surface area contributed by atoms with Crippen molar-refractivity contribution in [1.82, 2.24) is 10.2 Å². The number of anilines is 1. The molecule has 1 aliphatic heterocycles. The Labute approximate surface area is 187 Å². The van der Waals surface area contributed by atoms with E-state index in [2.05, 4.69) is 33.0 Å². The van der Waals surface area contributed by atoms with E-state index < -0.39 is 0 Å². The number of para-hydroxylation sites is 1. The molecule has 2 aromatic carbocycles. The second-order valence-corrected chi connectivity index (χ2v) is 8.71. The van der Waals surface area contributed by atoms with E-state index in [0.29, 0.717) is 30.4 Å². The van der Waals surface area contributed by atoms with Crippen LogP contribution in [-0.4, -0.2) is 36.3 Å². The third kappa shape index (κ3) is 5.60. The molecule has 1 aliphatic rings. The fourth-order valence-electron chi connectivity index (χ4n) is 4.04. The zero-order valence-electron chi connectivity index (χ0n) is 17.4. The second kappa shape index (κ2) is 10.4. The van der Waals surface area contributed by atoms with Crippen LogP contribution in [0.4, 0.5) is 5.69 Å². The van der Waals surface area contributed by atoms with Crippen LogP contribution in [0.5, 0.6) is 0 Å². The fourth-order valence-corrected chi connectivity index (χ4v) is 4.94. The van der Waals surface area contributed by atoms with Gasteiger partial charge in [0.05, 0.1) is 17.8 Å². The van der Waals surface area contributed by atoms with Gasteiger partial charge in [0.2, 0.25) is 5.91 Å². The monoisotopic (exact) mass is 433 g/mol. The maximum absolute atomic E-state index is 12.8. The number of nitrogens with zero attached hydrogens (tertiary/aromatic N) is 1. The SMILES string of the molecule is O=C(CN1CCCC1c1cccs1)Nc1ccccc1C(=O)NCCc1ccccc1. The van der Waals surface area contributed by atoms with Gasteiger partial charge in [0.25, 0.3) is 5.91 Å². The smallest absolute Gasteiger partial charge is 0.253 e. The quantitative estimate of drug-likeness (QED) is 0.550. The fraction of sp³-hybridized carbons (Fsp3) is 0.280. The zero-order chi connectivity index (χ0) is 21.5. The summed E-state index contributed by atoms with van der Waals surface area (Å²) in [6, 6.07) is 21.7. The van der Waals surface area contributed by atoms with Crippen LogP contribution in [0.25, 0.3) is 0 Å². The molecule has 1 saturated heterocycles. The van der Waals surface area contributed by atoms with Gasteiger partial charge in [-0.05, 0) is 54.9 Å². The van der Waals surface area contributed by atoms with Crippen molar-refractivity contribution in [2.75, 3.05) is 25.0 Å². The summed E-state index contributed by atoms with van der Waals surface area (Å²) in [5, 5.41) is 8.00. The van der Waals surface area contributed by atoms with E-state index in [4.69, 9.17) is 0 Å². The predicted octanol–water partition coefficient (Wildman–Crippen LogP) is 4.50. The molecule has 1 fully saturated rings. The van der Waals surface area contributed by atoms with Gasteiger partial charge in [-0.3, -0.25) is 14.5 Å². The van der Waals surface area contributed by atoms with Crippen LogP contribution in [0, 0.1) is 0 Å². The van der Waals surface area contributed by atoms with Crippen LogP contribution in [0.1, 0.15) is 39.7 Å². The van der Waals surface area contributed by atoms with Crippen molar-refractivity contribution < 1.29 is 9.59 Å². The minimum Gasteiger partial charge on any atom is -0.352 e. The first-order valence-electron chi connectivity index (χ1n) is 10.7. The predicted molar refractivity (Wildman–Crippen MR) is 125 cm³/mol. The summed E-state index contributed by atoms with van der Waals surface area (Å²) in [5.74, 6) is -0.266. The molecule has 160 valence electrons. The maximum Gasteiger partial charge on any atom is 0.253 e. The summed E-state index contributed by atoms with van der Waals surface area (Å²) in [4.78, 5) is 29.0. The molecule has 0 aliphatic carbocycles. The Bertz CT molecular complexity index is 1000. The second-order valence-electron chi connectivity index (χ2n) is 7.73. The van der Waals surface area contributed by atoms with Gasteiger partial charge >= 0.3 is 0 Å². The lowest BCUT2D eigenvalue weighted by atomic mass is 10.1. The van der Waals surface area contributed by atoms with Crippen LogP contribution in [-0.2, 0) is 11.2 Å². The number of likely N-dealkylation sites (tertiary alicyclic amines) is 1. The molecule has 5 nitrogen and oxygen atoms in total. The van der Waals surface area contributed by atoms with Gasteiger partial charge in [-0.25, -0.2) is 0 Å². The number of carbonyl (C=O) groups is 2. The molecule has 6 heteroatoms. The van der Waals surface area contributed by atoms with Crippen LogP contribution in [0.15, 0.2) is 72.1 Å². The van der Waals surface area contributed by atoms with Gasteiger partial charge in [-0.1, -0.05) is 48.5 Å². The van der Waals surface area contributed by atoms with E-state index in [1.165, 1.54) is 10.4 Å². The minimum atomic E-state index is -0.176. The van der Waals surface area contributed by atoms with Gasteiger partial charge in [0.15, 0.2) is 0 Å². The van der Waals surface area contributed by atoms with Crippen molar-refractivity contribution in [2.45, 2.75) is 25.3 Å². The van der Waals surface area contributed by atoms with Crippen molar-refractivity contribution in [3.63, 3.8) is 0 Å². The topological polar surface area (TPSA) is 61.4 Å². The number of hydrogen-bond acceptors (Lipinski definition) is 4. The van der Waals surface area contributed by atoms with Crippen LogP contribution in [0.3, 0.4) is 0 Å². The highest BCUT2D eigenvalue weighted by Gasteiger charge is 2.28. The molecular formula is C25H27N3O2S. The molecule has 4 rings (SSSR count). The lowest BCUT2D eigenvalue weighted by Crippen LogP contribution is -2.33. The van der Waals surface area contributed by atoms with Crippen molar-refractivity contribution in [1.29, 1.82) is 0 Å². The Morgan fingerprint density at radius 3 is 2.61 bits per heavy atom. The Kier molecular flexibility index (Phi) is 7.12. The lowest BCUT2D eigenvalue weighted by molar-refractivity contribution is -0.117. The minimum absolute atomic E-state index is 0.0898. The molecular weight excluding hydrogens is 406 g/mol. The highest BCUT2D eigenvalue weighted by Crippen LogP contribution is 2.34. The summed E-state index contributed by atoms with van der Waals surface area (Å²) in [7, 11) is 0. The Morgan fingerprint density at radius 1 is 1.00 bits per heavy atom. The molecule has 1 unspecified atom stereocenters. The molecule has 2 heterocycles. The molecule has 2 N–H and O–H groups in total. The molecule has 0 saturated carbocycles. The molecule has 2 amide bonds. The average Bonchev–Trinajstić information content (AvgIpc) is 3.46. The van der Waals surface area contributed by atoms with E-state index in [1.807, 2.05) is 42.5 Å². The molecule has 0 bridgehead atoms. The van der Waals surface area contributed by atoms with E-state index >= 15 is 0 Å². The first-order chi connectivity index (χ1) is 15.2. The zero-order valence-corrected chi connectivity index (χ0v) is 18.2. The van der Waals surface area contributed by atoms with Gasteiger partial charge in [0.1, 0.15) is 0 Å². The summed E-state index contributed by atoms with van der Waals surface area (Å²) >= 11 is 1.74. The first kappa shape index (κ1) is 21.3. The number of carbonyl (C=O) groups excluding carboxylic acids is 2. The van der Waals surface area contributed by atoms with Gasteiger partial charge in [-0.15, -0.1) is 11.3 Å². The van der Waals surface area contributed by atoms with Crippen LogP contribution >= 0.6 is 11.3 Å². The molecule has 31 heavy (non-hydrogen) atoms. The Balaban J connectivity index is 1.34. The summed E-state index contributed by atoms with van der Waals surface area (Å²) < 4.78 is 0. The highest BCUT2D eigenvalue weighted by molar-refractivity contribution is 7.10. The van der Waals surface area contributed by atoms with Gasteiger partial charge < -0.3 is 10.6 Å². The average molecular weight is 434 g/mol. The first-order valence-corrected chi connectivity index (χ1v) is 11.6. The summed E-state index contributed by atoms with van der Waals surface area (Å²) in [6.45, 7) is 1.78. The van der Waals surface area contributed by atoms with Crippen molar-refractivity contribution >= 4 is 28.8 Å². The van der Waals surface area contributed by atoms with Crippen LogP contribution < -0.4 is 10.6 Å². The van der Waals surface area contributed by atoms with Crippen molar-refractivity contribution in [3.8, 4) is 0 Å². The summed E-state index contributed by atoms with van der Waals surface area (Å²) in [5.41, 5.74) is 2.21. The van der Waals surface area contributed by atoms with Crippen molar-refractivity contribution in [2.24, 2.45) is 0 Å². The van der Waals surface area contributed by atoms with Gasteiger partial charge in [-0.2, -0.15) is 0 Å². The van der Waals surface area contributed by atoms with Crippen LogP contribution in [0.2, 0.25) is 0 Å². The van der Waals surface area contributed by atoms with Crippen molar-refractivity contribution in [3.05, 3.63) is 88.1 Å². The standard InChI is InChI=1S/C25H27N3O2S/c29-24(18-28-16-6-12-22(28)23-13-7-17-31-23)27-21-11-5-4-10-20(21)25(30)26-15-14-19-8-2-1-3-9-19/h1-5,7-11,13,17,22H,6,12,14-16,18H2,(H,26,30)(H,27,29). The number of amides is 2.